The van der Waals surface area contributed by atoms with Gasteiger partial charge in [0, 0.05) is 18.6 Å². The summed E-state index contributed by atoms with van der Waals surface area (Å²) >= 11 is 0. The first kappa shape index (κ1) is 21.3. The quantitative estimate of drug-likeness (QED) is 0.595. The molecule has 0 saturated carbocycles. The number of hydrogen-bond donors (Lipinski definition) is 2. The smallest absolute Gasteiger partial charge is 0.409 e. The van der Waals surface area contributed by atoms with Gasteiger partial charge in [0.2, 0.25) is 0 Å². The Morgan fingerprint density at radius 3 is 2.65 bits per heavy atom. The van der Waals surface area contributed by atoms with Crippen LogP contribution in [0, 0.1) is 5.92 Å². The number of amides is 1. The third kappa shape index (κ3) is 4.41. The van der Waals surface area contributed by atoms with E-state index in [4.69, 9.17) is 15.2 Å². The molecule has 2 aromatic heterocycles. The van der Waals surface area contributed by atoms with Gasteiger partial charge in [-0.15, -0.1) is 0 Å². The van der Waals surface area contributed by atoms with Crippen LogP contribution < -0.4 is 10.5 Å². The van der Waals surface area contributed by atoms with Gasteiger partial charge in [-0.3, -0.25) is 0 Å². The molecule has 10 heteroatoms. The van der Waals surface area contributed by atoms with Crippen molar-refractivity contribution in [3.8, 4) is 5.75 Å². The van der Waals surface area contributed by atoms with E-state index in [1.807, 2.05) is 0 Å². The number of hydrogen-bond acceptors (Lipinski definition) is 7. The van der Waals surface area contributed by atoms with Crippen molar-refractivity contribution in [2.24, 2.45) is 11.7 Å². The molecule has 1 aliphatic heterocycles. The van der Waals surface area contributed by atoms with Crippen molar-refractivity contribution in [3.05, 3.63) is 54.4 Å². The maximum Gasteiger partial charge on any atom is 0.410 e. The fraction of sp³-hybridized carbons (Fsp3) is 0.333. The minimum Gasteiger partial charge on any atom is -0.409 e. The first-order chi connectivity index (χ1) is 14.9. The average molecular weight is 445 g/mol. The lowest BCUT2D eigenvalue weighted by molar-refractivity contribution is 0.0426. The largest absolute Gasteiger partial charge is 0.410 e. The van der Waals surface area contributed by atoms with Gasteiger partial charge >= 0.3 is 6.09 Å². The van der Waals surface area contributed by atoms with Crippen LogP contribution in [0.4, 0.5) is 4.79 Å². The molecule has 0 radical (unpaired) electrons. The molecule has 0 spiro atoms. The molecule has 3 heterocycles. The van der Waals surface area contributed by atoms with Crippen molar-refractivity contribution >= 4 is 27.1 Å². The molecule has 31 heavy (non-hydrogen) atoms. The molecule has 1 amide bonds. The Bertz CT molecular complexity index is 1190. The number of nitrogens with two attached hydrogens (primary N) is 1. The fourth-order valence-corrected chi connectivity index (χ4v) is 5.39. The van der Waals surface area contributed by atoms with Crippen molar-refractivity contribution in [2.75, 3.05) is 13.2 Å². The summed E-state index contributed by atoms with van der Waals surface area (Å²) in [6.07, 6.45) is 1.19. The summed E-state index contributed by atoms with van der Waals surface area (Å²) in [6, 6.07) is 11.0. The van der Waals surface area contributed by atoms with Crippen molar-refractivity contribution in [2.45, 2.75) is 30.3 Å². The van der Waals surface area contributed by atoms with Gasteiger partial charge in [-0.1, -0.05) is 18.2 Å². The van der Waals surface area contributed by atoms with Gasteiger partial charge in [0.15, 0.2) is 11.4 Å². The lowest BCUT2D eigenvalue weighted by atomic mass is 9.92. The van der Waals surface area contributed by atoms with E-state index in [0.717, 1.165) is 16.8 Å². The predicted octanol–water partition coefficient (Wildman–Crippen LogP) is 2.58. The molecule has 3 N–H and O–H groups in total. The standard InChI is InChI=1S/C21H23N3O6S/c22-21(26)30-16-11-15-12-18(19(25)10-14-6-8-29-9-7-14)24(20(15)23-13-16)31(27,28)17-4-2-1-3-5-17/h1-5,11-14,19,25H,6-10H2,(H2,22,26). The molecule has 1 atom stereocenters. The zero-order valence-corrected chi connectivity index (χ0v) is 17.5. The number of aliphatic hydroxyl groups excluding tert-OH is 1. The third-order valence-corrected chi connectivity index (χ3v) is 7.07. The lowest BCUT2D eigenvalue weighted by Crippen LogP contribution is -2.21. The maximum absolute atomic E-state index is 13.5. The highest BCUT2D eigenvalue weighted by Gasteiger charge is 2.29. The van der Waals surface area contributed by atoms with E-state index in [1.165, 1.54) is 24.4 Å². The maximum atomic E-state index is 13.5. The van der Waals surface area contributed by atoms with Crippen molar-refractivity contribution in [1.82, 2.24) is 8.96 Å². The van der Waals surface area contributed by atoms with Crippen LogP contribution in [0.15, 0.2) is 53.6 Å². The van der Waals surface area contributed by atoms with Gasteiger partial charge < -0.3 is 20.3 Å². The van der Waals surface area contributed by atoms with Crippen LogP contribution in [0.5, 0.6) is 5.75 Å². The van der Waals surface area contributed by atoms with E-state index < -0.39 is 22.2 Å². The van der Waals surface area contributed by atoms with Crippen LogP contribution in [0.1, 0.15) is 31.1 Å². The first-order valence-electron chi connectivity index (χ1n) is 9.91. The number of nitrogens with zero attached hydrogens (tertiary/aromatic N) is 2. The number of primary amides is 1. The Kier molecular flexibility index (Phi) is 5.94. The zero-order chi connectivity index (χ0) is 22.0. The molecular formula is C21H23N3O6S. The summed E-state index contributed by atoms with van der Waals surface area (Å²) in [5.74, 6) is 0.302. The van der Waals surface area contributed by atoms with Gasteiger partial charge in [-0.05, 0) is 49.4 Å². The van der Waals surface area contributed by atoms with Gasteiger partial charge in [0.1, 0.15) is 0 Å². The number of aliphatic hydroxyl groups is 1. The SMILES string of the molecule is NC(=O)Oc1cnc2c(c1)cc(C(O)CC1CCOCC1)n2S(=O)(=O)c1ccccc1. The molecule has 4 rings (SSSR count). The molecule has 9 nitrogen and oxygen atoms in total. The summed E-state index contributed by atoms with van der Waals surface area (Å²) in [5, 5.41) is 11.4. The highest BCUT2D eigenvalue weighted by atomic mass is 32.2. The number of ether oxygens (including phenoxy) is 2. The van der Waals surface area contributed by atoms with Crippen LogP contribution in [-0.4, -0.2) is 41.8 Å². The van der Waals surface area contributed by atoms with E-state index in [9.17, 15) is 18.3 Å². The molecule has 1 unspecified atom stereocenters. The monoisotopic (exact) mass is 445 g/mol. The van der Waals surface area contributed by atoms with Crippen LogP contribution in [0.25, 0.3) is 11.0 Å². The summed E-state index contributed by atoms with van der Waals surface area (Å²) < 4.78 is 38.3. The number of pyridine rings is 1. The minimum atomic E-state index is -4.04. The number of aromatic nitrogens is 2. The Labute approximate surface area is 179 Å². The van der Waals surface area contributed by atoms with Gasteiger partial charge in [-0.25, -0.2) is 22.2 Å². The first-order valence-corrected chi connectivity index (χ1v) is 11.4. The molecule has 1 aromatic carbocycles. The Morgan fingerprint density at radius 1 is 1.26 bits per heavy atom. The Hall–Kier alpha value is -2.95. The second-order valence-corrected chi connectivity index (χ2v) is 9.25. The van der Waals surface area contributed by atoms with Gasteiger partial charge in [-0.2, -0.15) is 0 Å². The molecule has 164 valence electrons. The predicted molar refractivity (Wildman–Crippen MR) is 112 cm³/mol. The molecule has 3 aromatic rings. The molecule has 1 fully saturated rings. The second kappa shape index (κ2) is 8.66. The van der Waals surface area contributed by atoms with E-state index in [2.05, 4.69) is 4.98 Å². The highest BCUT2D eigenvalue weighted by molar-refractivity contribution is 7.90. The van der Waals surface area contributed by atoms with Crippen LogP contribution in [-0.2, 0) is 14.8 Å². The number of carbonyl (C=O) groups excluding carboxylic acids is 1. The van der Waals surface area contributed by atoms with Crippen LogP contribution in [0.3, 0.4) is 0 Å². The number of benzene rings is 1. The number of carbonyl (C=O) groups is 1. The van der Waals surface area contributed by atoms with Crippen molar-refractivity contribution in [3.63, 3.8) is 0 Å². The van der Waals surface area contributed by atoms with Crippen molar-refractivity contribution < 1.29 is 27.8 Å². The topological polar surface area (TPSA) is 134 Å². The molecule has 1 aliphatic rings. The normalized spacial score (nSPS) is 16.3. The average Bonchev–Trinajstić information content (AvgIpc) is 3.14. The third-order valence-electron chi connectivity index (χ3n) is 5.34. The van der Waals surface area contributed by atoms with Gasteiger partial charge in [0.05, 0.1) is 22.9 Å². The lowest BCUT2D eigenvalue weighted by Gasteiger charge is -2.24. The Morgan fingerprint density at radius 2 is 1.97 bits per heavy atom. The van der Waals surface area contributed by atoms with Crippen LogP contribution >= 0.6 is 0 Å². The summed E-state index contributed by atoms with van der Waals surface area (Å²) in [7, 11) is -4.04. The molecule has 0 aliphatic carbocycles. The van der Waals surface area contributed by atoms with Gasteiger partial charge in [0.25, 0.3) is 10.0 Å². The Balaban J connectivity index is 1.82. The molecule has 0 bridgehead atoms. The van der Waals surface area contributed by atoms with E-state index in [1.54, 1.807) is 24.3 Å². The minimum absolute atomic E-state index is 0.0753. The molecule has 1 saturated heterocycles. The summed E-state index contributed by atoms with van der Waals surface area (Å²) in [5.41, 5.74) is 5.39. The van der Waals surface area contributed by atoms with E-state index in [0.29, 0.717) is 25.0 Å². The number of fused-ring (bicyclic) bond motifs is 1. The highest BCUT2D eigenvalue weighted by Crippen LogP contribution is 2.34. The fourth-order valence-electron chi connectivity index (χ4n) is 3.84. The summed E-state index contributed by atoms with van der Waals surface area (Å²) in [4.78, 5) is 15.3. The molecular weight excluding hydrogens is 422 g/mol. The number of rotatable bonds is 6. The van der Waals surface area contributed by atoms with E-state index in [-0.39, 0.29) is 27.9 Å². The summed E-state index contributed by atoms with van der Waals surface area (Å²) in [6.45, 7) is 1.25. The van der Waals surface area contributed by atoms with Crippen molar-refractivity contribution in [1.29, 1.82) is 0 Å². The second-order valence-electron chi connectivity index (χ2n) is 7.46. The zero-order valence-electron chi connectivity index (χ0n) is 16.7. The van der Waals surface area contributed by atoms with Crippen LogP contribution in [0.2, 0.25) is 0 Å². The van der Waals surface area contributed by atoms with E-state index >= 15 is 0 Å².